The van der Waals surface area contributed by atoms with Crippen LogP contribution in [0, 0.1) is 18.3 Å². The molecule has 0 atom stereocenters. The maximum Gasteiger partial charge on any atom is 0.130 e. The highest BCUT2D eigenvalue weighted by atomic mass is 16.5. The highest BCUT2D eigenvalue weighted by Gasteiger charge is 2.13. The van der Waals surface area contributed by atoms with Crippen molar-refractivity contribution >= 4 is 0 Å². The Labute approximate surface area is 159 Å². The van der Waals surface area contributed by atoms with Crippen LogP contribution in [-0.4, -0.2) is 11.5 Å². The zero-order valence-electron chi connectivity index (χ0n) is 15.3. The summed E-state index contributed by atoms with van der Waals surface area (Å²) in [6, 6.07) is 18.3. The number of nitriles is 1. The molecule has 4 rings (SSSR count). The van der Waals surface area contributed by atoms with Crippen molar-refractivity contribution in [1.82, 2.24) is 10.3 Å². The fraction of sp³-hybridized carbons (Fsp3) is 0.217. The highest BCUT2D eigenvalue weighted by molar-refractivity contribution is 5.73. The van der Waals surface area contributed by atoms with Crippen LogP contribution in [0.5, 0.6) is 5.75 Å². The number of aryl methyl sites for hydroxylation is 1. The van der Waals surface area contributed by atoms with Gasteiger partial charge in [0, 0.05) is 18.3 Å². The smallest absolute Gasteiger partial charge is 0.130 e. The van der Waals surface area contributed by atoms with Crippen LogP contribution in [0.25, 0.3) is 11.1 Å². The monoisotopic (exact) mass is 355 g/mol. The summed E-state index contributed by atoms with van der Waals surface area (Å²) >= 11 is 0. The molecule has 27 heavy (non-hydrogen) atoms. The lowest BCUT2D eigenvalue weighted by molar-refractivity contribution is 0.302. The standard InChI is InChI=1S/C23H21N3O/c1-16-6-9-26-21(10-16)15-27-23-5-2-17(13-24)11-22(23)19-4-3-18-7-8-25-14-20(18)12-19/h2-6,9-12,25H,7-8,14-15H2,1H3. The van der Waals surface area contributed by atoms with E-state index in [0.29, 0.717) is 12.2 Å². The van der Waals surface area contributed by atoms with Crippen molar-refractivity contribution in [3.63, 3.8) is 0 Å². The fourth-order valence-electron chi connectivity index (χ4n) is 3.43. The Bertz CT molecular complexity index is 1020. The Morgan fingerprint density at radius 3 is 2.89 bits per heavy atom. The third kappa shape index (κ3) is 3.84. The number of nitrogens with one attached hydrogen (secondary N) is 1. The Morgan fingerprint density at radius 2 is 2.04 bits per heavy atom. The third-order valence-electron chi connectivity index (χ3n) is 4.86. The number of benzene rings is 2. The maximum absolute atomic E-state index is 9.32. The Kier molecular flexibility index (Phi) is 4.86. The van der Waals surface area contributed by atoms with Crippen molar-refractivity contribution < 1.29 is 4.74 Å². The molecule has 0 amide bonds. The van der Waals surface area contributed by atoms with E-state index in [1.54, 1.807) is 12.3 Å². The molecular weight excluding hydrogens is 334 g/mol. The zero-order chi connectivity index (χ0) is 18.6. The van der Waals surface area contributed by atoms with E-state index in [4.69, 9.17) is 4.74 Å². The summed E-state index contributed by atoms with van der Waals surface area (Å²) < 4.78 is 6.09. The van der Waals surface area contributed by atoms with Gasteiger partial charge < -0.3 is 10.1 Å². The summed E-state index contributed by atoms with van der Waals surface area (Å²) in [5.74, 6) is 0.765. The molecule has 1 aliphatic heterocycles. The third-order valence-corrected chi connectivity index (χ3v) is 4.86. The van der Waals surface area contributed by atoms with Crippen LogP contribution < -0.4 is 10.1 Å². The van der Waals surface area contributed by atoms with Gasteiger partial charge in [0.25, 0.3) is 0 Å². The van der Waals surface area contributed by atoms with Crippen LogP contribution in [-0.2, 0) is 19.6 Å². The molecule has 1 aromatic heterocycles. The first kappa shape index (κ1) is 17.3. The van der Waals surface area contributed by atoms with Crippen molar-refractivity contribution in [1.29, 1.82) is 5.26 Å². The molecule has 0 fully saturated rings. The largest absolute Gasteiger partial charge is 0.487 e. The van der Waals surface area contributed by atoms with E-state index in [-0.39, 0.29) is 0 Å². The number of pyridine rings is 1. The fourth-order valence-corrected chi connectivity index (χ4v) is 3.43. The molecule has 0 unspecified atom stereocenters. The van der Waals surface area contributed by atoms with Crippen LogP contribution in [0.2, 0.25) is 0 Å². The summed E-state index contributed by atoms with van der Waals surface area (Å²) in [6.07, 6.45) is 2.85. The van der Waals surface area contributed by atoms with Gasteiger partial charge in [-0.1, -0.05) is 12.1 Å². The SMILES string of the molecule is Cc1ccnc(COc2ccc(C#N)cc2-c2ccc3c(c2)CNCC3)c1. The van der Waals surface area contributed by atoms with E-state index < -0.39 is 0 Å². The number of hydrogen-bond acceptors (Lipinski definition) is 4. The summed E-state index contributed by atoms with van der Waals surface area (Å²) in [5.41, 5.74) is 7.39. The van der Waals surface area contributed by atoms with Gasteiger partial charge in [-0.15, -0.1) is 0 Å². The maximum atomic E-state index is 9.32. The minimum Gasteiger partial charge on any atom is -0.487 e. The van der Waals surface area contributed by atoms with E-state index in [1.165, 1.54) is 11.1 Å². The second-order valence-electron chi connectivity index (χ2n) is 6.85. The van der Waals surface area contributed by atoms with E-state index in [0.717, 1.165) is 47.6 Å². The molecule has 0 bridgehead atoms. The van der Waals surface area contributed by atoms with Crippen LogP contribution in [0.3, 0.4) is 0 Å². The first-order chi connectivity index (χ1) is 13.2. The molecule has 0 spiro atoms. The highest BCUT2D eigenvalue weighted by Crippen LogP contribution is 2.33. The average Bonchev–Trinajstić information content (AvgIpc) is 2.72. The van der Waals surface area contributed by atoms with Crippen LogP contribution in [0.4, 0.5) is 0 Å². The molecule has 4 nitrogen and oxygen atoms in total. The molecular formula is C23H21N3O. The first-order valence-electron chi connectivity index (χ1n) is 9.14. The minimum absolute atomic E-state index is 0.396. The first-order valence-corrected chi connectivity index (χ1v) is 9.14. The van der Waals surface area contributed by atoms with Gasteiger partial charge in [0.2, 0.25) is 0 Å². The summed E-state index contributed by atoms with van der Waals surface area (Å²) in [6.45, 7) is 4.34. The lowest BCUT2D eigenvalue weighted by Gasteiger charge is -2.19. The van der Waals surface area contributed by atoms with Gasteiger partial charge >= 0.3 is 0 Å². The van der Waals surface area contributed by atoms with Gasteiger partial charge in [-0.3, -0.25) is 4.98 Å². The Balaban J connectivity index is 1.67. The molecule has 0 saturated carbocycles. The van der Waals surface area contributed by atoms with Crippen molar-refractivity contribution in [3.8, 4) is 22.9 Å². The quantitative estimate of drug-likeness (QED) is 0.764. The number of nitrogens with zero attached hydrogens (tertiary/aromatic N) is 2. The number of hydrogen-bond donors (Lipinski definition) is 1. The van der Waals surface area contributed by atoms with E-state index in [9.17, 15) is 5.26 Å². The number of fused-ring (bicyclic) bond motifs is 1. The summed E-state index contributed by atoms with van der Waals surface area (Å²) in [5, 5.41) is 12.7. The predicted octanol–water partition coefficient (Wildman–Crippen LogP) is 4.15. The molecule has 134 valence electrons. The zero-order valence-corrected chi connectivity index (χ0v) is 15.3. The van der Waals surface area contributed by atoms with Gasteiger partial charge in [-0.2, -0.15) is 5.26 Å². The summed E-state index contributed by atoms with van der Waals surface area (Å²) in [4.78, 5) is 4.36. The molecule has 1 N–H and O–H groups in total. The molecule has 3 aromatic rings. The summed E-state index contributed by atoms with van der Waals surface area (Å²) in [7, 11) is 0. The van der Waals surface area contributed by atoms with Gasteiger partial charge in [0.05, 0.1) is 17.3 Å². The van der Waals surface area contributed by atoms with E-state index >= 15 is 0 Å². The Hall–Kier alpha value is -3.16. The van der Waals surface area contributed by atoms with E-state index in [2.05, 4.69) is 34.6 Å². The second-order valence-corrected chi connectivity index (χ2v) is 6.85. The molecule has 0 saturated heterocycles. The van der Waals surface area contributed by atoms with Crippen molar-refractivity contribution in [2.75, 3.05) is 6.54 Å². The van der Waals surface area contributed by atoms with Gasteiger partial charge in [-0.25, -0.2) is 0 Å². The Morgan fingerprint density at radius 1 is 1.11 bits per heavy atom. The van der Waals surface area contributed by atoms with E-state index in [1.807, 2.05) is 31.2 Å². The lowest BCUT2D eigenvalue weighted by Crippen LogP contribution is -2.23. The van der Waals surface area contributed by atoms with Crippen molar-refractivity contribution in [2.45, 2.75) is 26.5 Å². The normalized spacial score (nSPS) is 12.9. The predicted molar refractivity (Wildman–Crippen MR) is 105 cm³/mol. The van der Waals surface area contributed by atoms with Crippen LogP contribution in [0.15, 0.2) is 54.7 Å². The van der Waals surface area contributed by atoms with Crippen molar-refractivity contribution in [2.24, 2.45) is 0 Å². The van der Waals surface area contributed by atoms with Crippen LogP contribution in [0.1, 0.15) is 27.9 Å². The number of aromatic nitrogens is 1. The van der Waals surface area contributed by atoms with Gasteiger partial charge in [0.1, 0.15) is 12.4 Å². The van der Waals surface area contributed by atoms with Gasteiger partial charge in [0.15, 0.2) is 0 Å². The lowest BCUT2D eigenvalue weighted by atomic mass is 9.94. The number of rotatable bonds is 4. The van der Waals surface area contributed by atoms with Gasteiger partial charge in [-0.05, 0) is 78.5 Å². The molecule has 2 heterocycles. The minimum atomic E-state index is 0.396. The molecule has 2 aromatic carbocycles. The molecule has 0 aliphatic carbocycles. The second kappa shape index (κ2) is 7.61. The molecule has 1 aliphatic rings. The molecule has 4 heteroatoms. The van der Waals surface area contributed by atoms with Crippen molar-refractivity contribution in [3.05, 3.63) is 82.7 Å². The topological polar surface area (TPSA) is 57.9 Å². The number of ether oxygens (including phenoxy) is 1. The molecule has 0 radical (unpaired) electrons. The van der Waals surface area contributed by atoms with Crippen LogP contribution >= 0.6 is 0 Å². The average molecular weight is 355 g/mol.